The van der Waals surface area contributed by atoms with Gasteiger partial charge in [0.25, 0.3) is 0 Å². The summed E-state index contributed by atoms with van der Waals surface area (Å²) < 4.78 is 0. The molecule has 2 fully saturated rings. The molecule has 1 aliphatic carbocycles. The van der Waals surface area contributed by atoms with Gasteiger partial charge in [0.05, 0.1) is 0 Å². The molecule has 0 spiro atoms. The average Bonchev–Trinajstić information content (AvgIpc) is 2.88. The highest BCUT2D eigenvalue weighted by molar-refractivity contribution is 7.98. The molecule has 4 nitrogen and oxygen atoms in total. The predicted octanol–water partition coefficient (Wildman–Crippen LogP) is 2.02. The number of rotatable bonds is 2. The molecule has 17 heavy (non-hydrogen) atoms. The summed E-state index contributed by atoms with van der Waals surface area (Å²) in [6.45, 7) is 2.30. The molecule has 1 saturated heterocycles. The van der Waals surface area contributed by atoms with E-state index in [2.05, 4.69) is 14.9 Å². The number of nitrogen functional groups attached to an aromatic ring is 1. The molecule has 0 bridgehead atoms. The van der Waals surface area contributed by atoms with Gasteiger partial charge in [-0.3, -0.25) is 0 Å². The Kier molecular flexibility index (Phi) is 2.86. The minimum Gasteiger partial charge on any atom is -0.383 e. The van der Waals surface area contributed by atoms with E-state index in [4.69, 9.17) is 5.73 Å². The number of hydrogen-bond acceptors (Lipinski definition) is 5. The lowest BCUT2D eigenvalue weighted by Gasteiger charge is -2.18. The van der Waals surface area contributed by atoms with E-state index in [1.807, 2.05) is 12.3 Å². The third-order valence-electron chi connectivity index (χ3n) is 3.94. The first-order chi connectivity index (χ1) is 8.26. The SMILES string of the molecule is CSc1nc(N)cc(N2CC3CCCC3C2)n1. The molecule has 2 unspecified atom stereocenters. The molecule has 2 N–H and O–H groups in total. The molecule has 1 saturated carbocycles. The Hall–Kier alpha value is -0.970. The Bertz CT molecular complexity index is 411. The van der Waals surface area contributed by atoms with Crippen LogP contribution < -0.4 is 10.6 Å². The molecule has 1 aromatic heterocycles. The molecule has 2 atom stereocenters. The van der Waals surface area contributed by atoms with Crippen molar-refractivity contribution in [2.45, 2.75) is 24.4 Å². The van der Waals surface area contributed by atoms with Crippen molar-refractivity contribution in [1.82, 2.24) is 9.97 Å². The number of hydrogen-bond donors (Lipinski definition) is 1. The molecular weight excluding hydrogens is 232 g/mol. The van der Waals surface area contributed by atoms with Gasteiger partial charge >= 0.3 is 0 Å². The maximum Gasteiger partial charge on any atom is 0.191 e. The highest BCUT2D eigenvalue weighted by Crippen LogP contribution is 2.39. The molecule has 1 aliphatic heterocycles. The topological polar surface area (TPSA) is 55.0 Å². The van der Waals surface area contributed by atoms with Gasteiger partial charge in [-0.2, -0.15) is 0 Å². The second-order valence-corrected chi connectivity index (χ2v) is 5.77. The second kappa shape index (κ2) is 4.37. The van der Waals surface area contributed by atoms with Crippen molar-refractivity contribution >= 4 is 23.4 Å². The van der Waals surface area contributed by atoms with Crippen LogP contribution in [0, 0.1) is 11.8 Å². The van der Waals surface area contributed by atoms with Crippen molar-refractivity contribution in [3.8, 4) is 0 Å². The summed E-state index contributed by atoms with van der Waals surface area (Å²) in [7, 11) is 0. The third kappa shape index (κ3) is 2.08. The molecule has 2 heterocycles. The molecular formula is C12H18N4S. The molecule has 92 valence electrons. The summed E-state index contributed by atoms with van der Waals surface area (Å²) in [6, 6.07) is 1.90. The van der Waals surface area contributed by atoms with E-state index >= 15 is 0 Å². The minimum absolute atomic E-state index is 0.580. The third-order valence-corrected chi connectivity index (χ3v) is 4.49. The first kappa shape index (κ1) is 11.1. The van der Waals surface area contributed by atoms with Crippen LogP contribution in [0.1, 0.15) is 19.3 Å². The number of thioether (sulfide) groups is 1. The van der Waals surface area contributed by atoms with Crippen LogP contribution in [-0.4, -0.2) is 29.3 Å². The van der Waals surface area contributed by atoms with Gasteiger partial charge in [-0.15, -0.1) is 0 Å². The van der Waals surface area contributed by atoms with E-state index in [-0.39, 0.29) is 0 Å². The monoisotopic (exact) mass is 250 g/mol. The van der Waals surface area contributed by atoms with E-state index in [1.165, 1.54) is 19.3 Å². The van der Waals surface area contributed by atoms with Crippen molar-refractivity contribution in [2.75, 3.05) is 30.0 Å². The summed E-state index contributed by atoms with van der Waals surface area (Å²) in [5.74, 6) is 3.35. The maximum absolute atomic E-state index is 5.83. The van der Waals surface area contributed by atoms with Crippen LogP contribution in [-0.2, 0) is 0 Å². The summed E-state index contributed by atoms with van der Waals surface area (Å²) in [5, 5.41) is 0.775. The molecule has 3 rings (SSSR count). The van der Waals surface area contributed by atoms with Gasteiger partial charge < -0.3 is 10.6 Å². The van der Waals surface area contributed by atoms with Gasteiger partial charge in [-0.1, -0.05) is 18.2 Å². The highest BCUT2D eigenvalue weighted by atomic mass is 32.2. The lowest BCUT2D eigenvalue weighted by molar-refractivity contribution is 0.494. The molecule has 2 aliphatic rings. The fourth-order valence-corrected chi connectivity index (χ4v) is 3.49. The van der Waals surface area contributed by atoms with Gasteiger partial charge in [-0.25, -0.2) is 9.97 Å². The number of aromatic nitrogens is 2. The van der Waals surface area contributed by atoms with Crippen molar-refractivity contribution in [3.05, 3.63) is 6.07 Å². The van der Waals surface area contributed by atoms with Crippen LogP contribution in [0.2, 0.25) is 0 Å². The summed E-state index contributed by atoms with van der Waals surface area (Å²) >= 11 is 1.55. The smallest absolute Gasteiger partial charge is 0.191 e. The maximum atomic E-state index is 5.83. The zero-order valence-corrected chi connectivity index (χ0v) is 10.9. The number of nitrogens with zero attached hydrogens (tertiary/aromatic N) is 3. The van der Waals surface area contributed by atoms with Gasteiger partial charge in [0.15, 0.2) is 5.16 Å². The number of fused-ring (bicyclic) bond motifs is 1. The van der Waals surface area contributed by atoms with E-state index in [0.717, 1.165) is 35.9 Å². The van der Waals surface area contributed by atoms with Crippen molar-refractivity contribution in [3.63, 3.8) is 0 Å². The van der Waals surface area contributed by atoms with Gasteiger partial charge in [-0.05, 0) is 30.9 Å². The standard InChI is InChI=1S/C12H18N4S/c1-17-12-14-10(13)5-11(15-12)16-6-8-3-2-4-9(8)7-16/h5,8-9H,2-4,6-7H2,1H3,(H2,13,14,15). The van der Waals surface area contributed by atoms with Gasteiger partial charge in [0.1, 0.15) is 11.6 Å². The Morgan fingerprint density at radius 3 is 2.65 bits per heavy atom. The Balaban J connectivity index is 1.82. The van der Waals surface area contributed by atoms with Crippen molar-refractivity contribution < 1.29 is 0 Å². The van der Waals surface area contributed by atoms with Crippen LogP contribution in [0.4, 0.5) is 11.6 Å². The average molecular weight is 250 g/mol. The molecule has 0 radical (unpaired) electrons. The summed E-state index contributed by atoms with van der Waals surface area (Å²) in [5.41, 5.74) is 5.83. The predicted molar refractivity (Wildman–Crippen MR) is 71.3 cm³/mol. The quantitative estimate of drug-likeness (QED) is 0.643. The fraction of sp³-hybridized carbons (Fsp3) is 0.667. The number of nitrogens with two attached hydrogens (primary N) is 1. The van der Waals surface area contributed by atoms with Crippen molar-refractivity contribution in [2.24, 2.45) is 11.8 Å². The minimum atomic E-state index is 0.580. The van der Waals surface area contributed by atoms with E-state index in [9.17, 15) is 0 Å². The Morgan fingerprint density at radius 1 is 1.29 bits per heavy atom. The molecule has 0 aromatic carbocycles. The van der Waals surface area contributed by atoms with Crippen LogP contribution >= 0.6 is 11.8 Å². The van der Waals surface area contributed by atoms with Crippen molar-refractivity contribution in [1.29, 1.82) is 0 Å². The van der Waals surface area contributed by atoms with Gasteiger partial charge in [0.2, 0.25) is 0 Å². The first-order valence-electron chi connectivity index (χ1n) is 6.20. The zero-order chi connectivity index (χ0) is 11.8. The first-order valence-corrected chi connectivity index (χ1v) is 7.42. The largest absolute Gasteiger partial charge is 0.383 e. The van der Waals surface area contributed by atoms with E-state index in [1.54, 1.807) is 11.8 Å². The summed E-state index contributed by atoms with van der Waals surface area (Å²) in [6.07, 6.45) is 6.16. The summed E-state index contributed by atoms with van der Waals surface area (Å²) in [4.78, 5) is 11.1. The van der Waals surface area contributed by atoms with E-state index < -0.39 is 0 Å². The number of anilines is 2. The van der Waals surface area contributed by atoms with Crippen LogP contribution in [0.5, 0.6) is 0 Å². The fourth-order valence-electron chi connectivity index (χ4n) is 3.11. The van der Waals surface area contributed by atoms with Crippen LogP contribution in [0.3, 0.4) is 0 Å². The Labute approximate surface area is 106 Å². The van der Waals surface area contributed by atoms with E-state index in [0.29, 0.717) is 5.82 Å². The molecule has 1 aromatic rings. The Morgan fingerprint density at radius 2 is 2.00 bits per heavy atom. The zero-order valence-electron chi connectivity index (χ0n) is 10.1. The van der Waals surface area contributed by atoms with Crippen LogP contribution in [0.25, 0.3) is 0 Å². The normalized spacial score (nSPS) is 27.5. The highest BCUT2D eigenvalue weighted by Gasteiger charge is 2.36. The molecule has 5 heteroatoms. The lowest BCUT2D eigenvalue weighted by Crippen LogP contribution is -2.22. The second-order valence-electron chi connectivity index (χ2n) is 4.99. The van der Waals surface area contributed by atoms with Crippen LogP contribution in [0.15, 0.2) is 11.2 Å². The lowest BCUT2D eigenvalue weighted by atomic mass is 10.0. The molecule has 0 amide bonds. The van der Waals surface area contributed by atoms with Gasteiger partial charge in [0, 0.05) is 19.2 Å².